The van der Waals surface area contributed by atoms with Crippen LogP contribution in [0.3, 0.4) is 0 Å². The summed E-state index contributed by atoms with van der Waals surface area (Å²) in [6.07, 6.45) is -1.07. The summed E-state index contributed by atoms with van der Waals surface area (Å²) in [4.78, 5) is 96.5. The topological polar surface area (TPSA) is 521 Å². The molecule has 2 aliphatic heterocycles. The van der Waals surface area contributed by atoms with Crippen molar-refractivity contribution in [3.05, 3.63) is 158 Å². The van der Waals surface area contributed by atoms with Gasteiger partial charge in [0.2, 0.25) is 23.0 Å². The predicted molar refractivity (Wildman–Crippen MR) is 339 cm³/mol. The molecule has 12 N–H and O–H groups in total. The number of carbonyl (C=O) groups excluding carboxylic acids is 2. The second-order valence-corrected chi connectivity index (χ2v) is 19.6. The lowest BCUT2D eigenvalue weighted by Crippen LogP contribution is -2.34. The number of aromatic carboxylic acids is 3. The van der Waals surface area contributed by atoms with Gasteiger partial charge in [-0.05, 0) is 140 Å². The Kier molecular flexibility index (Phi) is 25.3. The van der Waals surface area contributed by atoms with Gasteiger partial charge in [0, 0.05) is 114 Å². The van der Waals surface area contributed by atoms with Gasteiger partial charge in [0.1, 0.15) is 29.7 Å². The fourth-order valence-corrected chi connectivity index (χ4v) is 9.38. The van der Waals surface area contributed by atoms with E-state index in [9.17, 15) is 44.1 Å². The van der Waals surface area contributed by atoms with Gasteiger partial charge in [-0.1, -0.05) is 11.2 Å². The maximum Gasteiger partial charge on any atom is 0.336 e. The number of aliphatic carboxylic acids is 1. The number of hydrogen-bond acceptors (Lipinski definition) is 32. The van der Waals surface area contributed by atoms with Gasteiger partial charge in [-0.3, -0.25) is 20.4 Å². The number of nitrogens with two attached hydrogens (primary N) is 2. The molecule has 4 aliphatic rings. The minimum atomic E-state index is -1.36. The van der Waals surface area contributed by atoms with Gasteiger partial charge in [-0.25, -0.2) is 19.2 Å². The van der Waals surface area contributed by atoms with E-state index >= 15 is 0 Å². The Morgan fingerprint density at radius 2 is 1.02 bits per heavy atom. The summed E-state index contributed by atoms with van der Waals surface area (Å²) in [7, 11) is 0. The maximum atomic E-state index is 13.5. The van der Waals surface area contributed by atoms with Crippen LogP contribution in [-0.2, 0) is 51.8 Å². The highest BCUT2D eigenvalue weighted by Crippen LogP contribution is 2.50. The van der Waals surface area contributed by atoms with Crippen molar-refractivity contribution in [3.63, 3.8) is 0 Å². The molecule has 36 nitrogen and oxygen atoms in total. The minimum absolute atomic E-state index is 0.00493. The van der Waals surface area contributed by atoms with E-state index < -0.39 is 48.5 Å². The van der Waals surface area contributed by atoms with Crippen LogP contribution in [0.4, 0.5) is 11.4 Å². The lowest BCUT2D eigenvalue weighted by molar-refractivity contribution is -0.403. The van der Waals surface area contributed by atoms with Crippen LogP contribution in [0.5, 0.6) is 28.7 Å². The van der Waals surface area contributed by atoms with E-state index in [1.807, 2.05) is 0 Å². The zero-order chi connectivity index (χ0) is 69.9. The molecule has 97 heavy (non-hydrogen) atoms. The molecule has 0 spiro atoms. The van der Waals surface area contributed by atoms with Crippen molar-refractivity contribution < 1.29 is 129 Å². The number of anilines is 2. The molecule has 0 bridgehead atoms. The predicted octanol–water partition coefficient (Wildman–Crippen LogP) is 8.27. The van der Waals surface area contributed by atoms with Crippen molar-refractivity contribution in [2.45, 2.75) is 6.23 Å². The molecule has 5 aromatic rings. The summed E-state index contributed by atoms with van der Waals surface area (Å²) in [5, 5.41) is 81.6. The number of amides is 2. The summed E-state index contributed by atoms with van der Waals surface area (Å²) < 4.78 is 44.8. The van der Waals surface area contributed by atoms with E-state index in [1.54, 1.807) is 12.1 Å². The summed E-state index contributed by atoms with van der Waals surface area (Å²) in [6.45, 7) is -0.962. The third kappa shape index (κ3) is 17.4. The molecule has 9 rings (SSSR count). The van der Waals surface area contributed by atoms with Crippen LogP contribution in [0.15, 0.2) is 123 Å². The molecular weight excluding hydrogens is 1370 g/mol. The second kappa shape index (κ2) is 34.1. The van der Waals surface area contributed by atoms with Gasteiger partial charge < -0.3 is 85.1 Å². The first-order valence-electron chi connectivity index (χ1n) is 26.8. The summed E-state index contributed by atoms with van der Waals surface area (Å²) >= 11 is 13.8. The molecular formula is C57H47N9O27S4. The molecule has 2 heterocycles. The molecule has 0 aromatic heterocycles. The van der Waals surface area contributed by atoms with Crippen LogP contribution < -0.4 is 57.1 Å². The first-order valence-corrected chi connectivity index (χ1v) is 28.3. The Hall–Kier alpha value is -10.8. The Morgan fingerprint density at radius 1 is 0.557 bits per heavy atom. The molecule has 2 amide bonds. The number of carbonyl (C=O) groups is 6. The quantitative estimate of drug-likeness (QED) is 0.00180. The molecule has 40 heteroatoms. The van der Waals surface area contributed by atoms with Crippen molar-refractivity contribution in [2.24, 2.45) is 5.11 Å². The Labute approximate surface area is 562 Å². The first kappa shape index (κ1) is 72.0. The summed E-state index contributed by atoms with van der Waals surface area (Å²) in [5.74, 6) is -7.41. The highest BCUT2D eigenvalue weighted by molar-refractivity contribution is 7.75. The zero-order valence-electron chi connectivity index (χ0n) is 48.7. The molecule has 0 radical (unpaired) electrons. The minimum Gasteiger partial charge on any atom is -0.491 e. The fourth-order valence-electron chi connectivity index (χ4n) is 9.26. The number of nitrogens with zero attached hydrogens (tertiary/aromatic N) is 3. The van der Waals surface area contributed by atoms with Crippen LogP contribution in [0.1, 0.15) is 51.8 Å². The zero-order valence-corrected chi connectivity index (χ0v) is 52.3. The average molecular weight is 1420 g/mol. The Bertz CT molecular complexity index is 4560. The van der Waals surface area contributed by atoms with E-state index in [0.717, 1.165) is 12.1 Å². The van der Waals surface area contributed by atoms with E-state index in [1.165, 1.54) is 84.9 Å². The number of benzene rings is 7. The standard InChI is InChI=1S/C36H33N7O16S2.C21H14N2O11S2/c37-25-8-6-22-29(23-7-9-26(38)33(55-57-59-61)31(23)53-30(22)32(25)54-56-58-60)24-15-19(4-5-21(24)36(48)49)35(47)41-11-10-40-34(46)18-2-1-3-20(14-18)52-16-27(42-43-39)51-13-12-50-17-28(44)45;22-13-5-3-10-15(12-7-8(20(24)25)1-2-9(12)21(26)27)11-4-6-14(23)19(30-32-34-36)17(11)28-16(10)18(13)29-31-33-35/h1-9,14-15,27,37,60-61H,10-13,16-17,38H2,(H,40,46)(H,41,47)(H,44,45)(H,48,49);1-7,22,35-36H,23H2,(H,24,25)(H,26,27). The number of rotatable bonds is 32. The lowest BCUT2D eigenvalue weighted by Gasteiger charge is -2.20. The smallest absolute Gasteiger partial charge is 0.336 e. The number of nitrogens with one attached hydrogen (secondary N) is 4. The second-order valence-electron chi connectivity index (χ2n) is 19.0. The van der Waals surface area contributed by atoms with Crippen molar-refractivity contribution in [1.29, 1.82) is 10.8 Å². The van der Waals surface area contributed by atoms with Crippen LogP contribution in [-0.4, -0.2) is 102 Å². The van der Waals surface area contributed by atoms with E-state index in [2.05, 4.69) is 110 Å². The first-order chi connectivity index (χ1) is 46.7. The molecule has 5 aromatic carbocycles. The molecule has 0 fully saturated rings. The van der Waals surface area contributed by atoms with Gasteiger partial charge in [0.25, 0.3) is 11.8 Å². The highest BCUT2D eigenvalue weighted by Gasteiger charge is 2.31. The van der Waals surface area contributed by atoms with Gasteiger partial charge in [0.15, 0.2) is 28.9 Å². The van der Waals surface area contributed by atoms with Crippen molar-refractivity contribution in [1.82, 2.24) is 10.6 Å². The highest BCUT2D eigenvalue weighted by atomic mass is 32.1. The molecule has 506 valence electrons. The Balaban J connectivity index is 0.000000283. The largest absolute Gasteiger partial charge is 0.491 e. The van der Waals surface area contributed by atoms with Crippen molar-refractivity contribution in [2.75, 3.05) is 51.0 Å². The molecule has 0 saturated heterocycles. The SMILES string of the molecule is N=c1ccc2c(-c3cc(C(=O)O)ccc3C(=O)O)c3ccc(N)c(OOOS)c3oc-2c1OOOS.[N-]=[N+]=NC(COc1cccc(C(=O)NCCNC(=O)c2ccc(C(=O)O)c(-c3c4ccc(=N)c(OOOS)c-4oc4c(OOOS)c(N)ccc34)c2)c1)OCCOCC(=O)O. The number of carboxylic acid groups (broad SMARTS) is 4. The number of nitrogen functional groups attached to an aromatic ring is 2. The Morgan fingerprint density at radius 3 is 1.47 bits per heavy atom. The number of ether oxygens (including phenoxy) is 3. The third-order valence-corrected chi connectivity index (χ3v) is 13.5. The fraction of sp³-hybridized carbons (Fsp3) is 0.123. The number of fused-ring (bicyclic) bond motifs is 4. The number of carboxylic acids is 4. The van der Waals surface area contributed by atoms with Gasteiger partial charge in [-0.15, -0.1) is 17.3 Å². The van der Waals surface area contributed by atoms with Crippen LogP contribution in [0.25, 0.3) is 77.3 Å². The third-order valence-electron chi connectivity index (χ3n) is 13.3. The molecule has 2 aliphatic carbocycles. The van der Waals surface area contributed by atoms with Crippen LogP contribution >= 0.6 is 51.6 Å². The average Bonchev–Trinajstić information content (AvgIpc) is 0.740. The van der Waals surface area contributed by atoms with Crippen molar-refractivity contribution in [3.8, 4) is 73.6 Å². The van der Waals surface area contributed by atoms with E-state index in [0.29, 0.717) is 0 Å². The molecule has 1 atom stereocenters. The van der Waals surface area contributed by atoms with Crippen molar-refractivity contribution >= 4 is 121 Å². The van der Waals surface area contributed by atoms with Crippen LogP contribution in [0, 0.1) is 10.8 Å². The molecule has 0 saturated carbocycles. The monoisotopic (exact) mass is 1420 g/mol. The van der Waals surface area contributed by atoms with Gasteiger partial charge in [-0.2, -0.15) is 0 Å². The number of thiol groups is 4. The molecule has 1 unspecified atom stereocenters. The summed E-state index contributed by atoms with van der Waals surface area (Å²) in [6, 6.07) is 24.8. The van der Waals surface area contributed by atoms with Gasteiger partial charge in [0.05, 0.1) is 41.3 Å². The van der Waals surface area contributed by atoms with Crippen LogP contribution in [0.2, 0.25) is 0 Å². The maximum absolute atomic E-state index is 13.5. The van der Waals surface area contributed by atoms with E-state index in [4.69, 9.17) is 75.5 Å². The lowest BCUT2D eigenvalue weighted by atomic mass is 9.89. The number of azide groups is 1. The summed E-state index contributed by atoms with van der Waals surface area (Å²) in [5.41, 5.74) is 21.1. The normalized spacial score (nSPS) is 11.3. The van der Waals surface area contributed by atoms with Gasteiger partial charge >= 0.3 is 23.9 Å². The van der Waals surface area contributed by atoms with E-state index in [-0.39, 0.29) is 178 Å². The number of hydrogen-bond donors (Lipinski definition) is 14.